The largest absolute Gasteiger partial charge is 0.481 e. The Morgan fingerprint density at radius 2 is 2.00 bits per heavy atom. The van der Waals surface area contributed by atoms with Crippen LogP contribution in [0.1, 0.15) is 30.5 Å². The minimum absolute atomic E-state index is 0.258. The molecule has 1 aromatic rings. The van der Waals surface area contributed by atoms with Crippen molar-refractivity contribution in [3.05, 3.63) is 35.4 Å². The number of rotatable bonds is 4. The van der Waals surface area contributed by atoms with Crippen LogP contribution in [-0.4, -0.2) is 17.0 Å². The van der Waals surface area contributed by atoms with Gasteiger partial charge in [0.25, 0.3) is 0 Å². The third-order valence-corrected chi connectivity index (χ3v) is 2.40. The third-order valence-electron chi connectivity index (χ3n) is 2.40. The van der Waals surface area contributed by atoms with Gasteiger partial charge in [0.05, 0.1) is 11.6 Å². The number of carboxylic acid groups (broad SMARTS) is 1. The molecule has 0 aliphatic rings. The molecule has 4 nitrogen and oxygen atoms in total. The van der Waals surface area contributed by atoms with Crippen LogP contribution in [0.15, 0.2) is 24.3 Å². The van der Waals surface area contributed by atoms with Crippen LogP contribution in [0.5, 0.6) is 0 Å². The van der Waals surface area contributed by atoms with Crippen LogP contribution in [0.4, 0.5) is 13.2 Å². The van der Waals surface area contributed by atoms with E-state index in [0.29, 0.717) is 0 Å². The van der Waals surface area contributed by atoms with E-state index < -0.39 is 36.1 Å². The van der Waals surface area contributed by atoms with Crippen LogP contribution in [0, 0.1) is 0 Å². The van der Waals surface area contributed by atoms with Gasteiger partial charge in [-0.25, -0.2) is 0 Å². The molecule has 2 N–H and O–H groups in total. The SMILES string of the molecule is CC(NC(=O)CC(=O)O)c1cccc(C(F)(F)F)c1. The molecule has 0 spiro atoms. The molecule has 0 bridgehead atoms. The van der Waals surface area contributed by atoms with E-state index in [-0.39, 0.29) is 5.56 Å². The summed E-state index contributed by atoms with van der Waals surface area (Å²) in [5.74, 6) is -2.05. The molecule has 0 heterocycles. The van der Waals surface area contributed by atoms with Crippen molar-refractivity contribution in [3.8, 4) is 0 Å². The Bertz CT molecular complexity index is 485. The molecule has 0 saturated carbocycles. The molecule has 0 saturated heterocycles. The normalized spacial score (nSPS) is 12.8. The monoisotopic (exact) mass is 275 g/mol. The van der Waals surface area contributed by atoms with Crippen molar-refractivity contribution in [2.45, 2.75) is 25.6 Å². The van der Waals surface area contributed by atoms with Gasteiger partial charge in [-0.05, 0) is 24.6 Å². The number of carbonyl (C=O) groups excluding carboxylic acids is 1. The molecule has 1 rings (SSSR count). The first-order chi connectivity index (χ1) is 8.70. The van der Waals surface area contributed by atoms with E-state index in [2.05, 4.69) is 5.32 Å². The number of benzene rings is 1. The molecule has 7 heteroatoms. The standard InChI is InChI=1S/C12H12F3NO3/c1-7(16-10(17)6-11(18)19)8-3-2-4-9(5-8)12(13,14)15/h2-5,7H,6H2,1H3,(H,16,17)(H,18,19). The Kier molecular flexibility index (Phi) is 4.52. The van der Waals surface area contributed by atoms with Gasteiger partial charge in [-0.2, -0.15) is 13.2 Å². The fourth-order valence-corrected chi connectivity index (χ4v) is 1.50. The second-order valence-corrected chi connectivity index (χ2v) is 3.98. The number of carboxylic acids is 1. The first-order valence-corrected chi connectivity index (χ1v) is 5.38. The van der Waals surface area contributed by atoms with E-state index in [4.69, 9.17) is 5.11 Å². The van der Waals surface area contributed by atoms with Gasteiger partial charge in [-0.15, -0.1) is 0 Å². The van der Waals surface area contributed by atoms with Crippen molar-refractivity contribution in [1.82, 2.24) is 5.32 Å². The summed E-state index contributed by atoms with van der Waals surface area (Å²) in [5, 5.41) is 10.7. The minimum atomic E-state index is -4.46. The number of alkyl halides is 3. The molecular formula is C12H12F3NO3. The molecule has 19 heavy (non-hydrogen) atoms. The molecule has 1 aromatic carbocycles. The summed E-state index contributed by atoms with van der Waals surface area (Å²) in [6.07, 6.45) is -5.18. The predicted molar refractivity (Wildman–Crippen MR) is 60.3 cm³/mol. The molecule has 104 valence electrons. The van der Waals surface area contributed by atoms with E-state index in [1.807, 2.05) is 0 Å². The first kappa shape index (κ1) is 15.0. The molecule has 1 amide bonds. The van der Waals surface area contributed by atoms with Crippen LogP contribution in [0.3, 0.4) is 0 Å². The molecule has 0 fully saturated rings. The topological polar surface area (TPSA) is 66.4 Å². The third kappa shape index (κ3) is 4.61. The molecule has 1 unspecified atom stereocenters. The van der Waals surface area contributed by atoms with Gasteiger partial charge < -0.3 is 10.4 Å². The summed E-state index contributed by atoms with van der Waals surface area (Å²) in [4.78, 5) is 21.5. The maximum atomic E-state index is 12.5. The Balaban J connectivity index is 2.80. The fourth-order valence-electron chi connectivity index (χ4n) is 1.50. The molecule has 0 aliphatic heterocycles. The predicted octanol–water partition coefficient (Wildman–Crippen LogP) is 2.36. The molecule has 1 atom stereocenters. The van der Waals surface area contributed by atoms with E-state index in [1.54, 1.807) is 0 Å². The highest BCUT2D eigenvalue weighted by Crippen LogP contribution is 2.30. The zero-order valence-electron chi connectivity index (χ0n) is 9.99. The lowest BCUT2D eigenvalue weighted by atomic mass is 10.0. The number of hydrogen-bond acceptors (Lipinski definition) is 2. The van der Waals surface area contributed by atoms with E-state index in [9.17, 15) is 22.8 Å². The van der Waals surface area contributed by atoms with Crippen molar-refractivity contribution >= 4 is 11.9 Å². The van der Waals surface area contributed by atoms with Gasteiger partial charge >= 0.3 is 12.1 Å². The van der Waals surface area contributed by atoms with E-state index >= 15 is 0 Å². The second-order valence-electron chi connectivity index (χ2n) is 3.98. The zero-order chi connectivity index (χ0) is 14.6. The molecular weight excluding hydrogens is 263 g/mol. The summed E-state index contributed by atoms with van der Waals surface area (Å²) in [6.45, 7) is 1.48. The highest BCUT2D eigenvalue weighted by molar-refractivity contribution is 5.93. The van der Waals surface area contributed by atoms with E-state index in [1.165, 1.54) is 19.1 Å². The van der Waals surface area contributed by atoms with Gasteiger partial charge in [0, 0.05) is 0 Å². The van der Waals surface area contributed by atoms with Gasteiger partial charge in [-0.3, -0.25) is 9.59 Å². The Morgan fingerprint density at radius 1 is 1.37 bits per heavy atom. The maximum Gasteiger partial charge on any atom is 0.416 e. The van der Waals surface area contributed by atoms with Crippen LogP contribution < -0.4 is 5.32 Å². The Morgan fingerprint density at radius 3 is 2.53 bits per heavy atom. The summed E-state index contributed by atoms with van der Waals surface area (Å²) in [6, 6.07) is 3.81. The van der Waals surface area contributed by atoms with Crippen LogP contribution >= 0.6 is 0 Å². The summed E-state index contributed by atoms with van der Waals surface area (Å²) in [7, 11) is 0. The molecule has 0 radical (unpaired) electrons. The van der Waals surface area contributed by atoms with Crippen LogP contribution in [0.25, 0.3) is 0 Å². The van der Waals surface area contributed by atoms with Crippen molar-refractivity contribution in [3.63, 3.8) is 0 Å². The van der Waals surface area contributed by atoms with Crippen LogP contribution in [-0.2, 0) is 15.8 Å². The number of amides is 1. The summed E-state index contributed by atoms with van der Waals surface area (Å²) in [5.41, 5.74) is -0.558. The Labute approximate surface area is 107 Å². The zero-order valence-corrected chi connectivity index (χ0v) is 9.99. The highest BCUT2D eigenvalue weighted by Gasteiger charge is 2.30. The van der Waals surface area contributed by atoms with E-state index in [0.717, 1.165) is 12.1 Å². The second kappa shape index (κ2) is 5.73. The first-order valence-electron chi connectivity index (χ1n) is 5.38. The quantitative estimate of drug-likeness (QED) is 0.829. The van der Waals surface area contributed by atoms with Crippen LogP contribution in [0.2, 0.25) is 0 Å². The van der Waals surface area contributed by atoms with Gasteiger partial charge in [0.1, 0.15) is 6.42 Å². The van der Waals surface area contributed by atoms with Crippen molar-refractivity contribution < 1.29 is 27.9 Å². The van der Waals surface area contributed by atoms with Crippen molar-refractivity contribution in [2.75, 3.05) is 0 Å². The lowest BCUT2D eigenvalue weighted by molar-refractivity contribution is -0.141. The van der Waals surface area contributed by atoms with Crippen molar-refractivity contribution in [1.29, 1.82) is 0 Å². The average Bonchev–Trinajstić information content (AvgIpc) is 2.26. The number of nitrogens with one attached hydrogen (secondary N) is 1. The minimum Gasteiger partial charge on any atom is -0.481 e. The van der Waals surface area contributed by atoms with Gasteiger partial charge in [0.2, 0.25) is 5.91 Å². The fraction of sp³-hybridized carbons (Fsp3) is 0.333. The molecule has 0 aromatic heterocycles. The Hall–Kier alpha value is -2.05. The number of hydrogen-bond donors (Lipinski definition) is 2. The smallest absolute Gasteiger partial charge is 0.416 e. The molecule has 0 aliphatic carbocycles. The number of carbonyl (C=O) groups is 2. The average molecular weight is 275 g/mol. The lowest BCUT2D eigenvalue weighted by Gasteiger charge is -2.15. The van der Waals surface area contributed by atoms with Gasteiger partial charge in [-0.1, -0.05) is 12.1 Å². The number of halogens is 3. The lowest BCUT2D eigenvalue weighted by Crippen LogP contribution is -2.28. The summed E-state index contributed by atoms with van der Waals surface area (Å²) >= 11 is 0. The number of aliphatic carboxylic acids is 1. The van der Waals surface area contributed by atoms with Crippen molar-refractivity contribution in [2.24, 2.45) is 0 Å². The maximum absolute atomic E-state index is 12.5. The van der Waals surface area contributed by atoms with Gasteiger partial charge in [0.15, 0.2) is 0 Å². The highest BCUT2D eigenvalue weighted by atomic mass is 19.4. The summed E-state index contributed by atoms with van der Waals surface area (Å²) < 4.78 is 37.5.